The van der Waals surface area contributed by atoms with E-state index in [1.54, 1.807) is 4.52 Å². The lowest BCUT2D eigenvalue weighted by molar-refractivity contribution is 0.453. The molecule has 5 rings (SSSR count). The molecular weight excluding hydrogens is 541 g/mol. The minimum Gasteiger partial charge on any atom is -0.383 e. The van der Waals surface area contributed by atoms with Crippen LogP contribution in [0.2, 0.25) is 0 Å². The average Bonchev–Trinajstić information content (AvgIpc) is 3.42. The van der Waals surface area contributed by atoms with Gasteiger partial charge in [0.15, 0.2) is 5.65 Å². The summed E-state index contributed by atoms with van der Waals surface area (Å²) in [7, 11) is 0. The van der Waals surface area contributed by atoms with Crippen LogP contribution in [0.3, 0.4) is 0 Å². The van der Waals surface area contributed by atoms with Crippen LogP contribution in [0.5, 0.6) is 0 Å². The molecule has 0 atom stereocenters. The molecule has 0 saturated heterocycles. The van der Waals surface area contributed by atoms with Crippen molar-refractivity contribution in [1.29, 1.82) is 0 Å². The molecule has 0 bridgehead atoms. The van der Waals surface area contributed by atoms with Crippen LogP contribution in [0.1, 0.15) is 62.3 Å². The van der Waals surface area contributed by atoms with Crippen molar-refractivity contribution in [3.05, 3.63) is 46.5 Å². The largest absolute Gasteiger partial charge is 0.383 e. The first-order valence-electron chi connectivity index (χ1n) is 10.2. The van der Waals surface area contributed by atoms with E-state index in [-0.39, 0.29) is 0 Å². The predicted molar refractivity (Wildman–Crippen MR) is 129 cm³/mol. The van der Waals surface area contributed by atoms with Crippen molar-refractivity contribution in [2.45, 2.75) is 54.8 Å². The molecule has 0 unspecified atom stereocenters. The van der Waals surface area contributed by atoms with E-state index < -0.39 is 0 Å². The van der Waals surface area contributed by atoms with Gasteiger partial charge in [-0.05, 0) is 72.5 Å². The van der Waals surface area contributed by atoms with Gasteiger partial charge in [-0.1, -0.05) is 34.7 Å². The number of fused-ring (bicyclic) bond motifs is 1. The maximum atomic E-state index is 6.44. The number of nitrogens with zero attached hydrogens (tertiary/aromatic N) is 4. The molecule has 2 aliphatic carbocycles. The van der Waals surface area contributed by atoms with Crippen LogP contribution in [-0.4, -0.2) is 23.5 Å². The topological polar surface area (TPSA) is 69.1 Å². The normalized spacial score (nSPS) is 22.2. The number of anilines is 1. The molecule has 1 fully saturated rings. The van der Waals surface area contributed by atoms with Gasteiger partial charge in [-0.15, -0.1) is 0 Å². The van der Waals surface area contributed by atoms with Gasteiger partial charge in [0, 0.05) is 27.2 Å². The highest BCUT2D eigenvalue weighted by molar-refractivity contribution is 14.1. The summed E-state index contributed by atoms with van der Waals surface area (Å²) in [6, 6.07) is 4.24. The number of rotatable bonds is 3. The van der Waals surface area contributed by atoms with Gasteiger partial charge in [0.2, 0.25) is 0 Å². The van der Waals surface area contributed by atoms with E-state index in [2.05, 4.69) is 61.8 Å². The number of allylic oxidation sites excluding steroid dienone is 2. The van der Waals surface area contributed by atoms with Gasteiger partial charge in [0.05, 0.1) is 22.1 Å². The van der Waals surface area contributed by atoms with Gasteiger partial charge in [-0.2, -0.15) is 9.61 Å². The molecule has 0 amide bonds. The second-order valence-electron chi connectivity index (χ2n) is 7.99. The number of hydrogen-bond acceptors (Lipinski definition) is 4. The smallest absolute Gasteiger partial charge is 0.165 e. The molecule has 2 N–H and O–H groups in total. The third-order valence-electron chi connectivity index (χ3n) is 6.14. The Hall–Kier alpha value is -1.48. The summed E-state index contributed by atoms with van der Waals surface area (Å²) in [6.45, 7) is 0. The van der Waals surface area contributed by atoms with E-state index in [0.717, 1.165) is 62.2 Å². The molecule has 5 nitrogen and oxygen atoms in total. The van der Waals surface area contributed by atoms with Gasteiger partial charge in [0.25, 0.3) is 0 Å². The highest BCUT2D eigenvalue weighted by atomic mass is 127. The number of alkyl halides is 1. The molecular formula is C22H23BrIN5. The molecule has 1 saturated carbocycles. The summed E-state index contributed by atoms with van der Waals surface area (Å²) in [5.41, 5.74) is 12.8. The van der Waals surface area contributed by atoms with Crippen LogP contribution in [0, 0.1) is 0 Å². The van der Waals surface area contributed by atoms with Crippen LogP contribution in [0.15, 0.2) is 35.1 Å². The SMILES string of the molecule is Nc1c(Br)c([C@H]2CC[C@H](I)CC2)nc2c(-c3ccc(C4=CCCC4)nc3)cnn12. The second-order valence-corrected chi connectivity index (χ2v) is 10.5. The minimum absolute atomic E-state index is 0.445. The lowest BCUT2D eigenvalue weighted by Crippen LogP contribution is -2.16. The fraction of sp³-hybridized carbons (Fsp3) is 0.409. The van der Waals surface area contributed by atoms with E-state index in [4.69, 9.17) is 15.7 Å². The minimum atomic E-state index is 0.445. The Kier molecular flexibility index (Phi) is 5.36. The van der Waals surface area contributed by atoms with E-state index in [0.29, 0.717) is 11.7 Å². The fourth-order valence-corrected chi connectivity index (χ4v) is 5.76. The molecule has 0 spiro atoms. The molecule has 150 valence electrons. The van der Waals surface area contributed by atoms with Crippen LogP contribution < -0.4 is 5.73 Å². The van der Waals surface area contributed by atoms with E-state index in [1.165, 1.54) is 24.8 Å². The number of hydrogen-bond donors (Lipinski definition) is 1. The summed E-state index contributed by atoms with van der Waals surface area (Å²) in [5.74, 6) is 1.06. The number of halogens is 2. The maximum absolute atomic E-state index is 6.44. The number of aromatic nitrogens is 4. The molecule has 29 heavy (non-hydrogen) atoms. The number of nitrogens with two attached hydrogens (primary N) is 1. The Morgan fingerprint density at radius 2 is 1.97 bits per heavy atom. The second kappa shape index (κ2) is 7.98. The van der Waals surface area contributed by atoms with Crippen LogP contribution >= 0.6 is 38.5 Å². The first-order chi connectivity index (χ1) is 14.1. The molecule has 7 heteroatoms. The van der Waals surface area contributed by atoms with Crippen molar-refractivity contribution in [3.8, 4) is 11.1 Å². The third-order valence-corrected chi connectivity index (χ3v) is 8.19. The van der Waals surface area contributed by atoms with Crippen molar-refractivity contribution < 1.29 is 0 Å². The summed E-state index contributed by atoms with van der Waals surface area (Å²) in [5, 5.41) is 4.51. The molecule has 3 aromatic heterocycles. The zero-order valence-electron chi connectivity index (χ0n) is 16.1. The number of nitrogen functional groups attached to an aromatic ring is 1. The first-order valence-corrected chi connectivity index (χ1v) is 12.3. The molecule has 2 aliphatic rings. The Balaban J connectivity index is 1.55. The van der Waals surface area contributed by atoms with E-state index in [9.17, 15) is 0 Å². The lowest BCUT2D eigenvalue weighted by Gasteiger charge is -2.26. The Bertz CT molecular complexity index is 1080. The molecule has 0 aliphatic heterocycles. The van der Waals surface area contributed by atoms with Gasteiger partial charge >= 0.3 is 0 Å². The highest BCUT2D eigenvalue weighted by Gasteiger charge is 2.26. The van der Waals surface area contributed by atoms with Gasteiger partial charge in [-0.25, -0.2) is 4.98 Å². The van der Waals surface area contributed by atoms with Crippen LogP contribution in [0.25, 0.3) is 22.3 Å². The highest BCUT2D eigenvalue weighted by Crippen LogP contribution is 2.40. The summed E-state index contributed by atoms with van der Waals surface area (Å²) in [4.78, 5) is 9.76. The predicted octanol–water partition coefficient (Wildman–Crippen LogP) is 6.16. The monoisotopic (exact) mass is 563 g/mol. The van der Waals surface area contributed by atoms with E-state index in [1.807, 2.05) is 12.4 Å². The Morgan fingerprint density at radius 3 is 2.66 bits per heavy atom. The molecule has 0 aromatic carbocycles. The zero-order valence-corrected chi connectivity index (χ0v) is 19.9. The average molecular weight is 564 g/mol. The summed E-state index contributed by atoms with van der Waals surface area (Å²) in [6.07, 6.45) is 14.4. The molecule has 3 aromatic rings. The third kappa shape index (κ3) is 3.60. The standard InChI is InChI=1S/C22H23BrIN5/c23-19-20(14-5-8-16(24)9-6-14)28-22-17(12-27-29(22)21(19)25)15-7-10-18(26-11-15)13-3-1-2-4-13/h3,7,10-12,14,16H,1-2,4-6,8-9,25H2/t14-,16-. The van der Waals surface area contributed by atoms with Crippen LogP contribution in [-0.2, 0) is 0 Å². The summed E-state index contributed by atoms with van der Waals surface area (Å²) >= 11 is 6.26. The Labute approximate surface area is 192 Å². The van der Waals surface area contributed by atoms with Gasteiger partial charge in [0.1, 0.15) is 5.82 Å². The Morgan fingerprint density at radius 1 is 1.14 bits per heavy atom. The fourth-order valence-electron chi connectivity index (χ4n) is 4.46. The molecule has 0 radical (unpaired) electrons. The lowest BCUT2D eigenvalue weighted by atomic mass is 9.86. The van der Waals surface area contributed by atoms with Crippen LogP contribution in [0.4, 0.5) is 5.82 Å². The summed E-state index contributed by atoms with van der Waals surface area (Å²) < 4.78 is 3.40. The van der Waals surface area contributed by atoms with Crippen molar-refractivity contribution >= 4 is 55.6 Å². The van der Waals surface area contributed by atoms with Crippen molar-refractivity contribution in [2.75, 3.05) is 5.73 Å². The zero-order chi connectivity index (χ0) is 20.0. The quantitative estimate of drug-likeness (QED) is 0.306. The molecule has 3 heterocycles. The van der Waals surface area contributed by atoms with E-state index >= 15 is 0 Å². The maximum Gasteiger partial charge on any atom is 0.165 e. The van der Waals surface area contributed by atoms with Gasteiger partial charge < -0.3 is 5.73 Å². The number of pyridine rings is 1. The first kappa shape index (κ1) is 19.5. The van der Waals surface area contributed by atoms with Crippen molar-refractivity contribution in [1.82, 2.24) is 19.6 Å². The van der Waals surface area contributed by atoms with Crippen molar-refractivity contribution in [2.24, 2.45) is 0 Å². The van der Waals surface area contributed by atoms with Crippen molar-refractivity contribution in [3.63, 3.8) is 0 Å². The van der Waals surface area contributed by atoms with Gasteiger partial charge in [-0.3, -0.25) is 4.98 Å².